The van der Waals surface area contributed by atoms with Gasteiger partial charge in [0.1, 0.15) is 5.56 Å². The lowest BCUT2D eigenvalue weighted by Crippen LogP contribution is -2.35. The number of hydrogen-bond acceptors (Lipinski definition) is 8. The molecule has 3 aromatic rings. The lowest BCUT2D eigenvalue weighted by Gasteiger charge is -2.25. The van der Waals surface area contributed by atoms with Crippen LogP contribution < -0.4 is 29.6 Å². The number of methoxy groups -OCH3 is 1. The van der Waals surface area contributed by atoms with E-state index in [-0.39, 0.29) is 35.7 Å². The van der Waals surface area contributed by atoms with Crippen molar-refractivity contribution < 1.29 is 33.3 Å². The molecule has 5 rings (SSSR count). The zero-order valence-electron chi connectivity index (χ0n) is 21.5. The summed E-state index contributed by atoms with van der Waals surface area (Å²) in [5, 5.41) is 6.20. The fraction of sp³-hybridized carbons (Fsp3) is 0.310. The summed E-state index contributed by atoms with van der Waals surface area (Å²) in [6, 6.07) is 16.0. The van der Waals surface area contributed by atoms with Crippen LogP contribution in [0.4, 0.5) is 5.69 Å². The molecule has 0 aliphatic carbocycles. The van der Waals surface area contributed by atoms with Crippen molar-refractivity contribution >= 4 is 17.6 Å². The molecule has 0 fully saturated rings. The highest BCUT2D eigenvalue weighted by atomic mass is 16.6. The fourth-order valence-corrected chi connectivity index (χ4v) is 4.41. The predicted octanol–water partition coefficient (Wildman–Crippen LogP) is 5.46. The Bertz CT molecular complexity index is 1350. The van der Waals surface area contributed by atoms with E-state index < -0.39 is 5.97 Å². The monoisotopic (exact) mass is 518 g/mol. The number of ether oxygens (including phenoxy) is 5. The minimum atomic E-state index is -0.577. The van der Waals surface area contributed by atoms with Crippen molar-refractivity contribution in [1.82, 2.24) is 5.32 Å². The molecular formula is C29H30N2O7. The fourth-order valence-electron chi connectivity index (χ4n) is 4.41. The van der Waals surface area contributed by atoms with Gasteiger partial charge in [0.25, 0.3) is 0 Å². The molecule has 1 atom stereocenters. The van der Waals surface area contributed by atoms with E-state index in [9.17, 15) is 9.59 Å². The quantitative estimate of drug-likeness (QED) is 0.311. The van der Waals surface area contributed by atoms with Gasteiger partial charge in [-0.1, -0.05) is 32.0 Å². The summed E-state index contributed by atoms with van der Waals surface area (Å²) in [6.07, 6.45) is 0.824. The average molecular weight is 519 g/mol. The van der Waals surface area contributed by atoms with Gasteiger partial charge in [0.05, 0.1) is 32.9 Å². The van der Waals surface area contributed by atoms with Crippen LogP contribution in [-0.2, 0) is 9.53 Å². The van der Waals surface area contributed by atoms with Gasteiger partial charge in [0, 0.05) is 18.2 Å². The van der Waals surface area contributed by atoms with Gasteiger partial charge >= 0.3 is 5.97 Å². The van der Waals surface area contributed by atoms with Crippen LogP contribution in [0.1, 0.15) is 42.2 Å². The Labute approximate surface area is 221 Å². The van der Waals surface area contributed by atoms with Crippen LogP contribution in [0.5, 0.6) is 34.5 Å². The molecule has 0 saturated carbocycles. The Hall–Kier alpha value is -4.40. The molecule has 1 unspecified atom stereocenters. The van der Waals surface area contributed by atoms with Gasteiger partial charge in [-0.15, -0.1) is 0 Å². The summed E-state index contributed by atoms with van der Waals surface area (Å²) >= 11 is 0. The number of fused-ring (bicyclic) bond motifs is 3. The Balaban J connectivity index is 1.31. The highest BCUT2D eigenvalue weighted by Gasteiger charge is 2.27. The molecule has 0 bridgehead atoms. The minimum Gasteiger partial charge on any atom is -0.490 e. The molecule has 198 valence electrons. The molecule has 9 heteroatoms. The van der Waals surface area contributed by atoms with Gasteiger partial charge in [-0.05, 0) is 41.8 Å². The van der Waals surface area contributed by atoms with Crippen molar-refractivity contribution in [2.75, 3.05) is 32.2 Å². The third kappa shape index (κ3) is 5.32. The molecule has 0 saturated heterocycles. The van der Waals surface area contributed by atoms with Crippen LogP contribution in [-0.4, -0.2) is 38.7 Å². The summed E-state index contributed by atoms with van der Waals surface area (Å²) in [5.41, 5.74) is 1.64. The van der Waals surface area contributed by atoms with E-state index in [1.54, 1.807) is 24.3 Å². The number of rotatable bonds is 7. The normalized spacial score (nSPS) is 14.1. The van der Waals surface area contributed by atoms with E-state index in [0.717, 1.165) is 12.0 Å². The maximum Gasteiger partial charge on any atom is 0.341 e. The molecule has 2 aliphatic heterocycles. The highest BCUT2D eigenvalue weighted by Crippen LogP contribution is 2.48. The molecule has 0 aromatic heterocycles. The van der Waals surface area contributed by atoms with E-state index in [0.29, 0.717) is 47.6 Å². The van der Waals surface area contributed by atoms with Crippen molar-refractivity contribution in [3.8, 4) is 34.5 Å². The summed E-state index contributed by atoms with van der Waals surface area (Å²) in [6.45, 7) is 5.27. The first-order chi connectivity index (χ1) is 18.4. The maximum atomic E-state index is 13.0. The second-order valence-corrected chi connectivity index (χ2v) is 9.39. The predicted molar refractivity (Wildman–Crippen MR) is 141 cm³/mol. The zero-order chi connectivity index (χ0) is 26.6. The molecule has 0 radical (unpaired) electrons. The molecule has 2 aliphatic rings. The SMILES string of the molecule is COC(=O)c1cc(NCC(=O)NC(c2ccc3c(c2)OCCCO3)C(C)C)cc2c1Oc1ccccc1O2. The third-order valence-electron chi connectivity index (χ3n) is 6.31. The van der Waals surface area contributed by atoms with E-state index in [1.807, 2.05) is 44.2 Å². The number of amides is 1. The number of carbonyl (C=O) groups excluding carboxylic acids is 2. The molecule has 9 nitrogen and oxygen atoms in total. The van der Waals surface area contributed by atoms with Gasteiger partial charge in [-0.2, -0.15) is 0 Å². The molecule has 1 amide bonds. The van der Waals surface area contributed by atoms with Crippen LogP contribution in [0.2, 0.25) is 0 Å². The van der Waals surface area contributed by atoms with Crippen molar-refractivity contribution in [1.29, 1.82) is 0 Å². The largest absolute Gasteiger partial charge is 0.490 e. The first-order valence-electron chi connectivity index (χ1n) is 12.6. The number of carbonyl (C=O) groups is 2. The van der Waals surface area contributed by atoms with E-state index in [2.05, 4.69) is 10.6 Å². The summed E-state index contributed by atoms with van der Waals surface area (Å²) in [7, 11) is 1.30. The standard InChI is InChI=1S/C29H30N2O7/c1-17(2)27(18-9-10-21-24(13-18)36-12-6-11-35-21)31-26(32)16-30-19-14-20(29(33)34-3)28-25(15-19)37-22-7-4-5-8-23(22)38-28/h4-5,7-10,13-15,17,27,30H,6,11-12,16H2,1-3H3,(H,31,32). The average Bonchev–Trinajstić information content (AvgIpc) is 3.17. The van der Waals surface area contributed by atoms with Crippen LogP contribution >= 0.6 is 0 Å². The first kappa shape index (κ1) is 25.3. The van der Waals surface area contributed by atoms with Gasteiger partial charge in [0.15, 0.2) is 34.5 Å². The number of hydrogen-bond donors (Lipinski definition) is 2. The third-order valence-corrected chi connectivity index (χ3v) is 6.31. The van der Waals surface area contributed by atoms with Crippen molar-refractivity contribution in [3.05, 3.63) is 65.7 Å². The van der Waals surface area contributed by atoms with Crippen molar-refractivity contribution in [2.24, 2.45) is 5.92 Å². The molecule has 0 spiro atoms. The van der Waals surface area contributed by atoms with E-state index in [4.69, 9.17) is 23.7 Å². The van der Waals surface area contributed by atoms with Crippen LogP contribution in [0.3, 0.4) is 0 Å². The van der Waals surface area contributed by atoms with Gasteiger partial charge in [0.2, 0.25) is 5.91 Å². The molecule has 2 N–H and O–H groups in total. The van der Waals surface area contributed by atoms with Crippen molar-refractivity contribution in [2.45, 2.75) is 26.3 Å². The minimum absolute atomic E-state index is 0.0232. The van der Waals surface area contributed by atoms with Crippen LogP contribution in [0, 0.1) is 5.92 Å². The lowest BCUT2D eigenvalue weighted by atomic mass is 9.95. The van der Waals surface area contributed by atoms with Crippen molar-refractivity contribution in [3.63, 3.8) is 0 Å². The van der Waals surface area contributed by atoms with Gasteiger partial charge in [-0.3, -0.25) is 4.79 Å². The molecule has 38 heavy (non-hydrogen) atoms. The Morgan fingerprint density at radius 1 is 0.895 bits per heavy atom. The van der Waals surface area contributed by atoms with Crippen LogP contribution in [0.25, 0.3) is 0 Å². The second-order valence-electron chi connectivity index (χ2n) is 9.39. The number of benzene rings is 3. The Morgan fingerprint density at radius 2 is 1.63 bits per heavy atom. The Kier molecular flexibility index (Phi) is 7.26. The molecule has 2 heterocycles. The smallest absolute Gasteiger partial charge is 0.341 e. The maximum absolute atomic E-state index is 13.0. The number of esters is 1. The summed E-state index contributed by atoms with van der Waals surface area (Å²) < 4.78 is 28.4. The topological polar surface area (TPSA) is 104 Å². The lowest BCUT2D eigenvalue weighted by molar-refractivity contribution is -0.120. The number of anilines is 1. The van der Waals surface area contributed by atoms with Gasteiger partial charge < -0.3 is 34.3 Å². The highest BCUT2D eigenvalue weighted by molar-refractivity contribution is 5.95. The molecule has 3 aromatic carbocycles. The molecular weight excluding hydrogens is 488 g/mol. The van der Waals surface area contributed by atoms with E-state index in [1.165, 1.54) is 7.11 Å². The second kappa shape index (κ2) is 10.9. The zero-order valence-corrected chi connectivity index (χ0v) is 21.5. The van der Waals surface area contributed by atoms with E-state index >= 15 is 0 Å². The first-order valence-corrected chi connectivity index (χ1v) is 12.6. The number of para-hydroxylation sites is 2. The summed E-state index contributed by atoms with van der Waals surface area (Å²) in [5.74, 6) is 2.38. The number of nitrogens with one attached hydrogen (secondary N) is 2. The van der Waals surface area contributed by atoms with Crippen LogP contribution in [0.15, 0.2) is 54.6 Å². The Morgan fingerprint density at radius 3 is 2.37 bits per heavy atom. The van der Waals surface area contributed by atoms with Gasteiger partial charge in [-0.25, -0.2) is 4.79 Å². The summed E-state index contributed by atoms with van der Waals surface area (Å²) in [4.78, 5) is 25.5.